The second-order valence-electron chi connectivity index (χ2n) is 6.99. The molecule has 0 radical (unpaired) electrons. The first kappa shape index (κ1) is 19.4. The lowest BCUT2D eigenvalue weighted by Gasteiger charge is -2.09. The van der Waals surface area contributed by atoms with E-state index < -0.39 is 0 Å². The Balaban J connectivity index is 1.48. The number of fused-ring (bicyclic) bond motifs is 1. The van der Waals surface area contributed by atoms with E-state index in [1.807, 2.05) is 86.8 Å². The van der Waals surface area contributed by atoms with Crippen LogP contribution in [-0.4, -0.2) is 21.5 Å². The molecule has 4 rings (SSSR count). The van der Waals surface area contributed by atoms with E-state index in [0.717, 1.165) is 22.3 Å². The summed E-state index contributed by atoms with van der Waals surface area (Å²) in [5.74, 6) is 0.380. The molecule has 30 heavy (non-hydrogen) atoms. The minimum absolute atomic E-state index is 0.315. The second-order valence-corrected chi connectivity index (χ2v) is 6.99. The largest absolute Gasteiger partial charge is 0.488 e. The highest BCUT2D eigenvalue weighted by atomic mass is 16.5. The highest BCUT2D eigenvalue weighted by Crippen LogP contribution is 2.18. The average molecular weight is 398 g/mol. The van der Waals surface area contributed by atoms with Crippen molar-refractivity contribution in [3.8, 4) is 5.75 Å². The van der Waals surface area contributed by atoms with Gasteiger partial charge >= 0.3 is 0 Å². The van der Waals surface area contributed by atoms with Crippen LogP contribution in [0, 0.1) is 13.8 Å². The van der Waals surface area contributed by atoms with Crippen molar-refractivity contribution in [3.63, 3.8) is 0 Å². The maximum absolute atomic E-state index is 12.7. The van der Waals surface area contributed by atoms with Gasteiger partial charge in [-0.1, -0.05) is 48.5 Å². The van der Waals surface area contributed by atoms with Gasteiger partial charge in [0.15, 0.2) is 0 Å². The van der Waals surface area contributed by atoms with Crippen molar-refractivity contribution >= 4 is 17.8 Å². The van der Waals surface area contributed by atoms with Crippen LogP contribution in [0.4, 0.5) is 0 Å². The molecule has 1 N–H and O–H groups in total. The fourth-order valence-corrected chi connectivity index (χ4v) is 3.21. The van der Waals surface area contributed by atoms with Gasteiger partial charge in [-0.25, -0.2) is 10.4 Å². The van der Waals surface area contributed by atoms with E-state index in [4.69, 9.17) is 4.74 Å². The van der Waals surface area contributed by atoms with Crippen molar-refractivity contribution in [1.29, 1.82) is 0 Å². The quantitative estimate of drug-likeness (QED) is 0.389. The van der Waals surface area contributed by atoms with Gasteiger partial charge in [0.1, 0.15) is 23.7 Å². The molecular formula is C24H22N4O2. The number of aromatic nitrogens is 2. The first-order chi connectivity index (χ1) is 14.6. The molecule has 0 fully saturated rings. The van der Waals surface area contributed by atoms with Gasteiger partial charge in [-0.2, -0.15) is 5.10 Å². The smallest absolute Gasteiger partial charge is 0.290 e. The Morgan fingerprint density at radius 3 is 2.67 bits per heavy atom. The molecule has 2 aromatic heterocycles. The van der Waals surface area contributed by atoms with Crippen molar-refractivity contribution in [3.05, 3.63) is 101 Å². The number of benzene rings is 2. The number of carbonyl (C=O) groups excluding carboxylic acids is 1. The Kier molecular flexibility index (Phi) is 5.57. The zero-order chi connectivity index (χ0) is 20.9. The van der Waals surface area contributed by atoms with Gasteiger partial charge in [0.05, 0.1) is 11.9 Å². The van der Waals surface area contributed by atoms with E-state index in [2.05, 4.69) is 15.5 Å². The van der Waals surface area contributed by atoms with E-state index in [0.29, 0.717) is 23.7 Å². The third-order valence-corrected chi connectivity index (χ3v) is 4.68. The number of hydrogen-bond acceptors (Lipinski definition) is 4. The first-order valence-electron chi connectivity index (χ1n) is 9.66. The Labute approximate surface area is 174 Å². The number of para-hydroxylation sites is 1. The number of nitrogens with zero attached hydrogens (tertiary/aromatic N) is 3. The monoisotopic (exact) mass is 398 g/mol. The van der Waals surface area contributed by atoms with Crippen molar-refractivity contribution in [2.45, 2.75) is 20.5 Å². The van der Waals surface area contributed by atoms with Gasteiger partial charge < -0.3 is 4.74 Å². The number of carbonyl (C=O) groups is 1. The molecule has 2 aromatic carbocycles. The maximum Gasteiger partial charge on any atom is 0.290 e. The number of imidazole rings is 1. The number of hydrogen-bond donors (Lipinski definition) is 1. The molecule has 0 saturated carbocycles. The molecule has 0 saturated heterocycles. The molecule has 0 atom stereocenters. The number of nitrogens with one attached hydrogen (secondary N) is 1. The van der Waals surface area contributed by atoms with Gasteiger partial charge in [0, 0.05) is 11.8 Å². The number of rotatable bonds is 6. The van der Waals surface area contributed by atoms with Gasteiger partial charge in [-0.15, -0.1) is 0 Å². The van der Waals surface area contributed by atoms with E-state index in [1.165, 1.54) is 0 Å². The number of amides is 1. The molecule has 0 unspecified atom stereocenters. The van der Waals surface area contributed by atoms with Gasteiger partial charge in [0.2, 0.25) is 0 Å². The molecule has 0 aliphatic carbocycles. The number of pyridine rings is 1. The highest BCUT2D eigenvalue weighted by Gasteiger charge is 2.16. The molecule has 0 bridgehead atoms. The number of hydrazone groups is 1. The van der Waals surface area contributed by atoms with Crippen LogP contribution < -0.4 is 10.2 Å². The van der Waals surface area contributed by atoms with Crippen molar-refractivity contribution < 1.29 is 9.53 Å². The normalized spacial score (nSPS) is 11.1. The number of ether oxygens (including phenoxy) is 1. The molecule has 4 aromatic rings. The lowest BCUT2D eigenvalue weighted by molar-refractivity contribution is 0.0948. The minimum atomic E-state index is -0.315. The summed E-state index contributed by atoms with van der Waals surface area (Å²) in [5, 5.41) is 4.14. The van der Waals surface area contributed by atoms with Crippen LogP contribution in [-0.2, 0) is 6.61 Å². The molecule has 6 heteroatoms. The summed E-state index contributed by atoms with van der Waals surface area (Å²) in [6, 6.07) is 21.4. The molecule has 0 aliphatic rings. The predicted molar refractivity (Wildman–Crippen MR) is 117 cm³/mol. The van der Waals surface area contributed by atoms with Crippen molar-refractivity contribution in [2.75, 3.05) is 0 Å². The topological polar surface area (TPSA) is 68.0 Å². The lowest BCUT2D eigenvalue weighted by atomic mass is 10.2. The molecule has 2 heterocycles. The number of aryl methyl sites for hydroxylation is 2. The summed E-state index contributed by atoms with van der Waals surface area (Å²) in [4.78, 5) is 17.2. The lowest BCUT2D eigenvalue weighted by Crippen LogP contribution is -2.20. The van der Waals surface area contributed by atoms with Crippen LogP contribution >= 0.6 is 0 Å². The van der Waals surface area contributed by atoms with Crippen molar-refractivity contribution in [2.24, 2.45) is 5.10 Å². The SMILES string of the molecule is Cc1ccc2nc(C)c(C(=O)N/N=C\c3ccccc3OCc3ccccc3)n2c1. The summed E-state index contributed by atoms with van der Waals surface area (Å²) < 4.78 is 7.71. The van der Waals surface area contributed by atoms with E-state index >= 15 is 0 Å². The summed E-state index contributed by atoms with van der Waals surface area (Å²) >= 11 is 0. The zero-order valence-corrected chi connectivity index (χ0v) is 16.9. The Morgan fingerprint density at radius 2 is 1.83 bits per heavy atom. The van der Waals surface area contributed by atoms with E-state index in [-0.39, 0.29) is 5.91 Å². The van der Waals surface area contributed by atoms with Gasteiger partial charge in [-0.3, -0.25) is 9.20 Å². The van der Waals surface area contributed by atoms with Gasteiger partial charge in [0.25, 0.3) is 5.91 Å². The Hall–Kier alpha value is -3.93. The molecule has 0 aliphatic heterocycles. The average Bonchev–Trinajstić information content (AvgIpc) is 3.08. The summed E-state index contributed by atoms with van der Waals surface area (Å²) in [6.45, 7) is 4.24. The standard InChI is InChI=1S/C24H22N4O2/c1-17-12-13-22-26-18(2)23(28(22)15-17)24(29)27-25-14-20-10-6-7-11-21(20)30-16-19-8-4-3-5-9-19/h3-15H,16H2,1-2H3,(H,27,29)/b25-14-. The summed E-state index contributed by atoms with van der Waals surface area (Å²) in [7, 11) is 0. The first-order valence-corrected chi connectivity index (χ1v) is 9.66. The van der Waals surface area contributed by atoms with E-state index in [1.54, 1.807) is 10.6 Å². The maximum atomic E-state index is 12.7. The molecule has 6 nitrogen and oxygen atoms in total. The summed E-state index contributed by atoms with van der Waals surface area (Å²) in [5.41, 5.74) is 7.35. The highest BCUT2D eigenvalue weighted by molar-refractivity contribution is 5.95. The van der Waals surface area contributed by atoms with Crippen LogP contribution in [0.1, 0.15) is 32.9 Å². The molecule has 1 amide bonds. The second kappa shape index (κ2) is 8.61. The molecule has 150 valence electrons. The summed E-state index contributed by atoms with van der Waals surface area (Å²) in [6.07, 6.45) is 3.47. The minimum Gasteiger partial charge on any atom is -0.488 e. The van der Waals surface area contributed by atoms with Crippen LogP contribution in [0.25, 0.3) is 5.65 Å². The molecular weight excluding hydrogens is 376 g/mol. The Morgan fingerprint density at radius 1 is 1.07 bits per heavy atom. The van der Waals surface area contributed by atoms with Crippen LogP contribution in [0.15, 0.2) is 78.0 Å². The zero-order valence-electron chi connectivity index (χ0n) is 16.9. The third-order valence-electron chi connectivity index (χ3n) is 4.68. The van der Waals surface area contributed by atoms with Crippen molar-refractivity contribution in [1.82, 2.24) is 14.8 Å². The van der Waals surface area contributed by atoms with Crippen LogP contribution in [0.3, 0.4) is 0 Å². The fourth-order valence-electron chi connectivity index (χ4n) is 3.21. The predicted octanol–water partition coefficient (Wildman–Crippen LogP) is 4.29. The molecule has 0 spiro atoms. The van der Waals surface area contributed by atoms with Crippen LogP contribution in [0.2, 0.25) is 0 Å². The van der Waals surface area contributed by atoms with Gasteiger partial charge in [-0.05, 0) is 43.2 Å². The van der Waals surface area contributed by atoms with Crippen LogP contribution in [0.5, 0.6) is 5.75 Å². The third kappa shape index (κ3) is 4.22. The fraction of sp³-hybridized carbons (Fsp3) is 0.125. The van der Waals surface area contributed by atoms with E-state index in [9.17, 15) is 4.79 Å². The Bertz CT molecular complexity index is 1210.